The summed E-state index contributed by atoms with van der Waals surface area (Å²) < 4.78 is 5.97. The topological polar surface area (TPSA) is 12.5 Å². The van der Waals surface area contributed by atoms with Gasteiger partial charge in [0.1, 0.15) is 0 Å². The molecule has 0 bridgehead atoms. The third-order valence-corrected chi connectivity index (χ3v) is 4.55. The molecule has 4 atom stereocenters. The van der Waals surface area contributed by atoms with E-state index in [0.29, 0.717) is 6.10 Å². The van der Waals surface area contributed by atoms with Crippen LogP contribution in [-0.2, 0) is 4.74 Å². The van der Waals surface area contributed by atoms with Gasteiger partial charge in [0.25, 0.3) is 0 Å². The molecule has 0 N–H and O–H groups in total. The van der Waals surface area contributed by atoms with Crippen molar-refractivity contribution < 1.29 is 4.74 Å². The van der Waals surface area contributed by atoms with E-state index in [9.17, 15) is 0 Å². The summed E-state index contributed by atoms with van der Waals surface area (Å²) in [6.07, 6.45) is 8.98. The fourth-order valence-electron chi connectivity index (χ4n) is 3.75. The Morgan fingerprint density at radius 1 is 1.07 bits per heavy atom. The summed E-state index contributed by atoms with van der Waals surface area (Å²) in [4.78, 5) is 2.62. The molecular formula is C12H21NO. The zero-order valence-electron chi connectivity index (χ0n) is 9.11. The van der Waals surface area contributed by atoms with E-state index < -0.39 is 0 Å². The molecule has 14 heavy (non-hydrogen) atoms. The molecule has 80 valence electrons. The highest BCUT2D eigenvalue weighted by Crippen LogP contribution is 2.41. The zero-order valence-corrected chi connectivity index (χ0v) is 9.11. The van der Waals surface area contributed by atoms with Crippen molar-refractivity contribution in [2.24, 2.45) is 5.92 Å². The van der Waals surface area contributed by atoms with Crippen LogP contribution < -0.4 is 0 Å². The third kappa shape index (κ3) is 1.31. The number of hydrogen-bond donors (Lipinski definition) is 0. The summed E-state index contributed by atoms with van der Waals surface area (Å²) in [7, 11) is 0. The van der Waals surface area contributed by atoms with Gasteiger partial charge in [-0.05, 0) is 32.6 Å². The van der Waals surface area contributed by atoms with Gasteiger partial charge in [-0.1, -0.05) is 12.8 Å². The Balaban J connectivity index is 1.79. The van der Waals surface area contributed by atoms with Crippen molar-refractivity contribution in [3.05, 3.63) is 0 Å². The van der Waals surface area contributed by atoms with E-state index >= 15 is 0 Å². The first-order valence-electron chi connectivity index (χ1n) is 6.23. The van der Waals surface area contributed by atoms with Crippen molar-refractivity contribution in [1.29, 1.82) is 0 Å². The molecule has 2 saturated heterocycles. The van der Waals surface area contributed by atoms with E-state index in [4.69, 9.17) is 4.74 Å². The lowest BCUT2D eigenvalue weighted by Gasteiger charge is -2.48. The lowest BCUT2D eigenvalue weighted by molar-refractivity contribution is -0.148. The molecule has 3 rings (SSSR count). The van der Waals surface area contributed by atoms with E-state index in [0.717, 1.165) is 24.7 Å². The second kappa shape index (κ2) is 3.49. The first-order chi connectivity index (χ1) is 6.86. The minimum atomic E-state index is 0.613. The number of rotatable bonds is 0. The van der Waals surface area contributed by atoms with Crippen LogP contribution in [0, 0.1) is 5.92 Å². The largest absolute Gasteiger partial charge is 0.362 e. The fraction of sp³-hybridized carbons (Fsp3) is 1.00. The van der Waals surface area contributed by atoms with Crippen molar-refractivity contribution in [1.82, 2.24) is 4.90 Å². The number of nitrogens with zero attached hydrogens (tertiary/aromatic N) is 1. The molecule has 2 heterocycles. The van der Waals surface area contributed by atoms with Crippen LogP contribution in [0.5, 0.6) is 0 Å². The van der Waals surface area contributed by atoms with Gasteiger partial charge in [-0.2, -0.15) is 0 Å². The van der Waals surface area contributed by atoms with Crippen molar-refractivity contribution in [2.75, 3.05) is 6.73 Å². The number of piperidine rings is 1. The molecule has 1 aliphatic carbocycles. The summed E-state index contributed by atoms with van der Waals surface area (Å²) in [5.74, 6) is 0.867. The van der Waals surface area contributed by atoms with Crippen molar-refractivity contribution in [3.63, 3.8) is 0 Å². The predicted octanol–water partition coefficient (Wildman–Crippen LogP) is 2.39. The van der Waals surface area contributed by atoms with Gasteiger partial charge in [-0.3, -0.25) is 4.90 Å². The van der Waals surface area contributed by atoms with Gasteiger partial charge < -0.3 is 4.74 Å². The Kier molecular flexibility index (Phi) is 2.29. The van der Waals surface area contributed by atoms with Crippen LogP contribution in [0.2, 0.25) is 0 Å². The van der Waals surface area contributed by atoms with Crippen molar-refractivity contribution in [3.8, 4) is 0 Å². The van der Waals surface area contributed by atoms with Crippen LogP contribution in [0.25, 0.3) is 0 Å². The van der Waals surface area contributed by atoms with E-state index in [-0.39, 0.29) is 0 Å². The van der Waals surface area contributed by atoms with E-state index in [1.807, 2.05) is 0 Å². The molecule has 3 fully saturated rings. The first-order valence-corrected chi connectivity index (χ1v) is 6.23. The molecule has 0 aromatic rings. The van der Waals surface area contributed by atoms with Crippen LogP contribution >= 0.6 is 0 Å². The lowest BCUT2D eigenvalue weighted by atomic mass is 9.85. The number of hydrogen-bond acceptors (Lipinski definition) is 2. The normalized spacial score (nSPS) is 48.6. The van der Waals surface area contributed by atoms with Crippen molar-refractivity contribution >= 4 is 0 Å². The Morgan fingerprint density at radius 3 is 2.86 bits per heavy atom. The standard InChI is InChI=1S/C12H21NO/c1-9-4-2-6-11-10-5-3-7-12(10)14-8-13(9)11/h9-12H,2-8H2,1H3/t9-,10+,11+,12-/m1/s1. The second-order valence-electron chi connectivity index (χ2n) is 5.29. The van der Waals surface area contributed by atoms with Gasteiger partial charge in [0.05, 0.1) is 12.8 Å². The number of fused-ring (bicyclic) bond motifs is 3. The Labute approximate surface area is 86.6 Å². The minimum absolute atomic E-state index is 0.613. The third-order valence-electron chi connectivity index (χ3n) is 4.55. The van der Waals surface area contributed by atoms with E-state index in [2.05, 4.69) is 11.8 Å². The van der Waals surface area contributed by atoms with Crippen molar-refractivity contribution in [2.45, 2.75) is 63.6 Å². The molecule has 0 aromatic heterocycles. The summed E-state index contributed by atoms with van der Waals surface area (Å²) >= 11 is 0. The predicted molar refractivity (Wildman–Crippen MR) is 56.0 cm³/mol. The monoisotopic (exact) mass is 195 g/mol. The zero-order chi connectivity index (χ0) is 9.54. The highest BCUT2D eigenvalue weighted by molar-refractivity contribution is 4.95. The van der Waals surface area contributed by atoms with E-state index in [1.165, 1.54) is 38.5 Å². The summed E-state index contributed by atoms with van der Waals surface area (Å²) in [5.41, 5.74) is 0. The maximum absolute atomic E-state index is 5.97. The average molecular weight is 195 g/mol. The van der Waals surface area contributed by atoms with Gasteiger partial charge in [0, 0.05) is 18.0 Å². The number of ether oxygens (including phenoxy) is 1. The molecule has 1 saturated carbocycles. The Hall–Kier alpha value is -0.0800. The fourth-order valence-corrected chi connectivity index (χ4v) is 3.75. The maximum atomic E-state index is 5.97. The first kappa shape index (κ1) is 9.17. The highest BCUT2D eigenvalue weighted by Gasteiger charge is 2.43. The van der Waals surface area contributed by atoms with Crippen LogP contribution in [0.3, 0.4) is 0 Å². The minimum Gasteiger partial charge on any atom is -0.362 e. The van der Waals surface area contributed by atoms with Crippen LogP contribution in [0.15, 0.2) is 0 Å². The van der Waals surface area contributed by atoms with Crippen LogP contribution in [0.1, 0.15) is 45.4 Å². The van der Waals surface area contributed by atoms with Crippen LogP contribution in [-0.4, -0.2) is 29.8 Å². The van der Waals surface area contributed by atoms with Gasteiger partial charge >= 0.3 is 0 Å². The van der Waals surface area contributed by atoms with Gasteiger partial charge in [0.15, 0.2) is 0 Å². The summed E-state index contributed by atoms with van der Waals surface area (Å²) in [6, 6.07) is 1.62. The summed E-state index contributed by atoms with van der Waals surface area (Å²) in [5, 5.41) is 0. The molecule has 2 aliphatic heterocycles. The van der Waals surface area contributed by atoms with Gasteiger partial charge in [0.2, 0.25) is 0 Å². The molecule has 0 radical (unpaired) electrons. The molecular weight excluding hydrogens is 174 g/mol. The Bertz CT molecular complexity index is 216. The lowest BCUT2D eigenvalue weighted by Crippen LogP contribution is -2.55. The maximum Gasteiger partial charge on any atom is 0.0998 e. The van der Waals surface area contributed by atoms with Crippen LogP contribution in [0.4, 0.5) is 0 Å². The van der Waals surface area contributed by atoms with Gasteiger partial charge in [-0.25, -0.2) is 0 Å². The summed E-state index contributed by atoms with van der Waals surface area (Å²) in [6.45, 7) is 3.28. The smallest absolute Gasteiger partial charge is 0.0998 e. The molecule has 0 spiro atoms. The molecule has 3 aliphatic rings. The SMILES string of the molecule is C[C@@H]1CCC[C@H]2[C@@H]3CCC[C@H]3OCN12. The molecule has 0 amide bonds. The molecule has 0 unspecified atom stereocenters. The second-order valence-corrected chi connectivity index (χ2v) is 5.29. The van der Waals surface area contributed by atoms with Gasteiger partial charge in [-0.15, -0.1) is 0 Å². The molecule has 2 nitrogen and oxygen atoms in total. The molecule has 2 heteroatoms. The molecule has 0 aromatic carbocycles. The average Bonchev–Trinajstić information content (AvgIpc) is 2.66. The quantitative estimate of drug-likeness (QED) is 0.588. The van der Waals surface area contributed by atoms with E-state index in [1.54, 1.807) is 0 Å². The Morgan fingerprint density at radius 2 is 1.93 bits per heavy atom. The highest BCUT2D eigenvalue weighted by atomic mass is 16.5.